The van der Waals surface area contributed by atoms with Gasteiger partial charge in [-0.1, -0.05) is 19.3 Å². The summed E-state index contributed by atoms with van der Waals surface area (Å²) in [6.07, 6.45) is 5.02. The summed E-state index contributed by atoms with van der Waals surface area (Å²) < 4.78 is 13.2. The molecular weight excluding hydrogens is 353 g/mol. The summed E-state index contributed by atoms with van der Waals surface area (Å²) >= 11 is 1.36. The quantitative estimate of drug-likeness (QED) is 0.859. The fourth-order valence-corrected chi connectivity index (χ4v) is 3.95. The van der Waals surface area contributed by atoms with Gasteiger partial charge in [-0.2, -0.15) is 0 Å². The maximum atomic E-state index is 13.2. The highest BCUT2D eigenvalue weighted by Gasteiger charge is 2.28. The van der Waals surface area contributed by atoms with Crippen molar-refractivity contribution in [2.24, 2.45) is 0 Å². The Morgan fingerprint density at radius 1 is 1.23 bits per heavy atom. The Kier molecular flexibility index (Phi) is 5.98. The van der Waals surface area contributed by atoms with E-state index in [0.29, 0.717) is 10.7 Å². The molecule has 1 aliphatic carbocycles. The van der Waals surface area contributed by atoms with E-state index in [0.717, 1.165) is 37.8 Å². The molecule has 5 nitrogen and oxygen atoms in total. The minimum atomic E-state index is -0.386. The molecule has 7 heteroatoms. The number of thiazole rings is 1. The molecule has 0 spiro atoms. The highest BCUT2D eigenvalue weighted by atomic mass is 32.1. The van der Waals surface area contributed by atoms with Crippen LogP contribution in [-0.2, 0) is 4.79 Å². The first-order valence-electron chi connectivity index (χ1n) is 8.81. The first-order chi connectivity index (χ1) is 12.5. The summed E-state index contributed by atoms with van der Waals surface area (Å²) in [5.41, 5.74) is 1.24. The van der Waals surface area contributed by atoms with Gasteiger partial charge in [0.2, 0.25) is 5.91 Å². The second kappa shape index (κ2) is 8.40. The molecule has 1 saturated carbocycles. The monoisotopic (exact) mass is 375 g/mol. The summed E-state index contributed by atoms with van der Waals surface area (Å²) in [7, 11) is 0. The van der Waals surface area contributed by atoms with Crippen molar-refractivity contribution < 1.29 is 14.0 Å². The van der Waals surface area contributed by atoms with Gasteiger partial charge in [0.15, 0.2) is 5.13 Å². The van der Waals surface area contributed by atoms with Crippen LogP contribution in [0.25, 0.3) is 0 Å². The third-order valence-corrected chi connectivity index (χ3v) is 5.42. The number of nitrogens with one attached hydrogen (secondary N) is 1. The first kappa shape index (κ1) is 18.5. The summed E-state index contributed by atoms with van der Waals surface area (Å²) in [6.45, 7) is 1.83. The minimum absolute atomic E-state index is 0.0283. The molecule has 0 atom stereocenters. The zero-order valence-corrected chi connectivity index (χ0v) is 15.5. The van der Waals surface area contributed by atoms with Crippen molar-refractivity contribution in [2.75, 3.05) is 11.9 Å². The minimum Gasteiger partial charge on any atom is -0.326 e. The average molecular weight is 375 g/mol. The molecule has 1 N–H and O–H groups in total. The Labute approximate surface area is 156 Å². The lowest BCUT2D eigenvalue weighted by atomic mass is 9.93. The molecule has 0 radical (unpaired) electrons. The number of aromatic nitrogens is 1. The van der Waals surface area contributed by atoms with Gasteiger partial charge in [0, 0.05) is 17.0 Å². The van der Waals surface area contributed by atoms with Crippen LogP contribution in [0.4, 0.5) is 9.52 Å². The summed E-state index contributed by atoms with van der Waals surface area (Å²) in [6, 6.07) is 5.51. The van der Waals surface area contributed by atoms with Crippen LogP contribution in [0.1, 0.15) is 48.2 Å². The van der Waals surface area contributed by atoms with E-state index in [9.17, 15) is 14.0 Å². The van der Waals surface area contributed by atoms with Gasteiger partial charge in [-0.15, -0.1) is 11.3 Å². The molecule has 1 fully saturated rings. The fraction of sp³-hybridized carbons (Fsp3) is 0.421. The predicted octanol–water partition coefficient (Wildman–Crippen LogP) is 4.00. The highest BCUT2D eigenvalue weighted by Crippen LogP contribution is 2.24. The van der Waals surface area contributed by atoms with Crippen LogP contribution in [0.2, 0.25) is 0 Å². The number of carbonyl (C=O) groups excluding carboxylic acids is 2. The smallest absolute Gasteiger partial charge is 0.254 e. The maximum Gasteiger partial charge on any atom is 0.254 e. The highest BCUT2D eigenvalue weighted by molar-refractivity contribution is 7.13. The second-order valence-electron chi connectivity index (χ2n) is 6.57. The van der Waals surface area contributed by atoms with E-state index in [2.05, 4.69) is 10.3 Å². The molecular formula is C19H22FN3O2S. The molecule has 3 rings (SSSR count). The molecule has 0 bridgehead atoms. The number of carbonyl (C=O) groups is 2. The van der Waals surface area contributed by atoms with E-state index >= 15 is 0 Å². The van der Waals surface area contributed by atoms with Crippen LogP contribution in [0, 0.1) is 12.7 Å². The third kappa shape index (κ3) is 4.66. The Hall–Kier alpha value is -2.28. The van der Waals surface area contributed by atoms with Crippen molar-refractivity contribution in [3.05, 3.63) is 46.7 Å². The van der Waals surface area contributed by atoms with E-state index in [1.165, 1.54) is 35.6 Å². The van der Waals surface area contributed by atoms with Crippen molar-refractivity contribution in [3.63, 3.8) is 0 Å². The number of anilines is 1. The zero-order chi connectivity index (χ0) is 18.5. The Morgan fingerprint density at radius 3 is 2.54 bits per heavy atom. The number of halogens is 1. The van der Waals surface area contributed by atoms with Gasteiger partial charge in [-0.05, 0) is 44.0 Å². The molecule has 0 aliphatic heterocycles. The summed E-state index contributed by atoms with van der Waals surface area (Å²) in [5, 5.41) is 5.15. The molecule has 2 amide bonds. The average Bonchev–Trinajstić information content (AvgIpc) is 3.05. The van der Waals surface area contributed by atoms with Crippen molar-refractivity contribution in [3.8, 4) is 0 Å². The lowest BCUT2D eigenvalue weighted by Crippen LogP contribution is -2.45. The van der Waals surface area contributed by atoms with Crippen LogP contribution < -0.4 is 5.32 Å². The largest absolute Gasteiger partial charge is 0.326 e. The molecule has 0 saturated heterocycles. The first-order valence-corrected chi connectivity index (χ1v) is 9.69. The van der Waals surface area contributed by atoms with Gasteiger partial charge in [-0.25, -0.2) is 9.37 Å². The van der Waals surface area contributed by atoms with Gasteiger partial charge >= 0.3 is 0 Å². The number of nitrogens with zero attached hydrogens (tertiary/aromatic N) is 2. The predicted molar refractivity (Wildman–Crippen MR) is 99.8 cm³/mol. The normalized spacial score (nSPS) is 14.8. The third-order valence-electron chi connectivity index (χ3n) is 4.55. The standard InChI is InChI=1S/C19H22FN3O2S/c1-13-12-26-19(21-13)22-17(24)11-23(16-5-3-2-4-6-16)18(25)14-7-9-15(20)10-8-14/h7-10,12,16H,2-6,11H2,1H3,(H,21,22,24). The number of aryl methyl sites for hydroxylation is 1. The molecule has 1 aromatic heterocycles. The van der Waals surface area contributed by atoms with Crippen molar-refractivity contribution in [1.29, 1.82) is 0 Å². The van der Waals surface area contributed by atoms with Gasteiger partial charge in [0.1, 0.15) is 12.4 Å². The zero-order valence-electron chi connectivity index (χ0n) is 14.7. The van der Waals surface area contributed by atoms with Crippen molar-refractivity contribution >= 4 is 28.3 Å². The van der Waals surface area contributed by atoms with Crippen molar-refractivity contribution in [2.45, 2.75) is 45.1 Å². The lowest BCUT2D eigenvalue weighted by Gasteiger charge is -2.34. The molecule has 138 valence electrons. The van der Waals surface area contributed by atoms with Crippen LogP contribution in [0.5, 0.6) is 0 Å². The fourth-order valence-electron chi connectivity index (χ4n) is 3.24. The van der Waals surface area contributed by atoms with Gasteiger partial charge in [0.05, 0.1) is 5.69 Å². The van der Waals surface area contributed by atoms with Crippen LogP contribution >= 0.6 is 11.3 Å². The number of hydrogen-bond donors (Lipinski definition) is 1. The Morgan fingerprint density at radius 2 is 1.92 bits per heavy atom. The number of amides is 2. The van der Waals surface area contributed by atoms with Gasteiger partial charge in [-0.3, -0.25) is 9.59 Å². The second-order valence-corrected chi connectivity index (χ2v) is 7.43. The van der Waals surface area contributed by atoms with E-state index < -0.39 is 0 Å². The van der Waals surface area contributed by atoms with E-state index in [1.807, 2.05) is 12.3 Å². The molecule has 2 aromatic rings. The maximum absolute atomic E-state index is 13.2. The lowest BCUT2D eigenvalue weighted by molar-refractivity contribution is -0.117. The van der Waals surface area contributed by atoms with E-state index in [-0.39, 0.29) is 30.2 Å². The summed E-state index contributed by atoms with van der Waals surface area (Å²) in [4.78, 5) is 31.3. The Bertz CT molecular complexity index is 769. The van der Waals surface area contributed by atoms with Crippen LogP contribution in [0.3, 0.4) is 0 Å². The van der Waals surface area contributed by atoms with E-state index in [1.54, 1.807) is 4.90 Å². The van der Waals surface area contributed by atoms with Crippen molar-refractivity contribution in [1.82, 2.24) is 9.88 Å². The molecule has 0 unspecified atom stereocenters. The topological polar surface area (TPSA) is 62.3 Å². The SMILES string of the molecule is Cc1csc(NC(=O)CN(C(=O)c2ccc(F)cc2)C2CCCCC2)n1. The van der Waals surface area contributed by atoms with Crippen LogP contribution in [-0.4, -0.2) is 34.3 Å². The van der Waals surface area contributed by atoms with Crippen LogP contribution in [0.15, 0.2) is 29.6 Å². The summed E-state index contributed by atoms with van der Waals surface area (Å²) in [5.74, 6) is -0.884. The molecule has 1 heterocycles. The van der Waals surface area contributed by atoms with Gasteiger partial charge < -0.3 is 10.2 Å². The van der Waals surface area contributed by atoms with E-state index in [4.69, 9.17) is 0 Å². The number of benzene rings is 1. The Balaban J connectivity index is 1.75. The molecule has 26 heavy (non-hydrogen) atoms. The number of hydrogen-bond acceptors (Lipinski definition) is 4. The van der Waals surface area contributed by atoms with Gasteiger partial charge in [0.25, 0.3) is 5.91 Å². The number of rotatable bonds is 5. The molecule has 1 aromatic carbocycles. The molecule has 1 aliphatic rings.